The summed E-state index contributed by atoms with van der Waals surface area (Å²) in [7, 11) is 3.11. The molecule has 8 heteroatoms. The third-order valence-corrected chi connectivity index (χ3v) is 4.48. The summed E-state index contributed by atoms with van der Waals surface area (Å²) in [4.78, 5) is 22.9. The van der Waals surface area contributed by atoms with E-state index < -0.39 is 0 Å². The zero-order chi connectivity index (χ0) is 18.8. The number of carbonyl (C=O) groups excluding carboxylic acids is 1. The van der Waals surface area contributed by atoms with Gasteiger partial charge in [-0.2, -0.15) is 4.98 Å². The van der Waals surface area contributed by atoms with E-state index in [1.165, 1.54) is 0 Å². The summed E-state index contributed by atoms with van der Waals surface area (Å²) in [5, 5.41) is 4.00. The number of hydrogen-bond donors (Lipinski definition) is 0. The van der Waals surface area contributed by atoms with Crippen molar-refractivity contribution in [2.75, 3.05) is 27.3 Å². The maximum absolute atomic E-state index is 12.7. The van der Waals surface area contributed by atoms with Crippen LogP contribution < -0.4 is 9.47 Å². The minimum absolute atomic E-state index is 0.0272. The van der Waals surface area contributed by atoms with Crippen molar-refractivity contribution < 1.29 is 18.8 Å². The fourth-order valence-electron chi connectivity index (χ4n) is 2.93. The fraction of sp³-hybridized carbons (Fsp3) is 0.263. The molecule has 0 aliphatic carbocycles. The van der Waals surface area contributed by atoms with Crippen molar-refractivity contribution in [2.24, 2.45) is 0 Å². The van der Waals surface area contributed by atoms with Crippen molar-refractivity contribution >= 4 is 5.91 Å². The topological polar surface area (TPSA) is 90.6 Å². The Bertz CT molecular complexity index is 929. The molecule has 0 saturated carbocycles. The third kappa shape index (κ3) is 3.33. The average Bonchev–Trinajstić information content (AvgIpc) is 3.16. The van der Waals surface area contributed by atoms with E-state index in [1.807, 2.05) is 12.1 Å². The van der Waals surface area contributed by atoms with Crippen molar-refractivity contribution in [3.05, 3.63) is 54.2 Å². The monoisotopic (exact) mass is 366 g/mol. The zero-order valence-electron chi connectivity index (χ0n) is 15.0. The smallest absolute Gasteiger partial charge is 0.254 e. The maximum Gasteiger partial charge on any atom is 0.254 e. The molecule has 0 bridgehead atoms. The highest BCUT2D eigenvalue weighted by molar-refractivity contribution is 5.95. The van der Waals surface area contributed by atoms with Crippen LogP contribution in [0.15, 0.2) is 47.2 Å². The Kier molecular flexibility index (Phi) is 4.45. The lowest BCUT2D eigenvalue weighted by atomic mass is 9.98. The van der Waals surface area contributed by atoms with E-state index in [2.05, 4.69) is 15.1 Å². The Morgan fingerprint density at radius 2 is 1.93 bits per heavy atom. The first kappa shape index (κ1) is 17.0. The first-order valence-electron chi connectivity index (χ1n) is 8.44. The number of rotatable bonds is 5. The summed E-state index contributed by atoms with van der Waals surface area (Å²) < 4.78 is 15.8. The van der Waals surface area contributed by atoms with Crippen LogP contribution in [-0.4, -0.2) is 53.2 Å². The van der Waals surface area contributed by atoms with Crippen LogP contribution in [0.5, 0.6) is 11.5 Å². The molecular formula is C19H18N4O4. The van der Waals surface area contributed by atoms with E-state index in [0.717, 1.165) is 5.56 Å². The highest BCUT2D eigenvalue weighted by Crippen LogP contribution is 2.30. The molecule has 1 aliphatic heterocycles. The summed E-state index contributed by atoms with van der Waals surface area (Å²) in [5.74, 6) is 2.12. The maximum atomic E-state index is 12.7. The number of ether oxygens (including phenoxy) is 2. The highest BCUT2D eigenvalue weighted by Gasteiger charge is 2.36. The Labute approximate surface area is 155 Å². The van der Waals surface area contributed by atoms with Gasteiger partial charge in [0.2, 0.25) is 11.7 Å². The second-order valence-corrected chi connectivity index (χ2v) is 6.21. The van der Waals surface area contributed by atoms with Crippen LogP contribution in [0.2, 0.25) is 0 Å². The predicted molar refractivity (Wildman–Crippen MR) is 95.7 cm³/mol. The molecule has 1 fully saturated rings. The highest BCUT2D eigenvalue weighted by atomic mass is 16.5. The molecule has 0 spiro atoms. The summed E-state index contributed by atoms with van der Waals surface area (Å²) in [6.45, 7) is 1.04. The van der Waals surface area contributed by atoms with Gasteiger partial charge in [-0.05, 0) is 24.3 Å². The van der Waals surface area contributed by atoms with Gasteiger partial charge >= 0.3 is 0 Å². The van der Waals surface area contributed by atoms with Gasteiger partial charge in [0, 0.05) is 42.7 Å². The second-order valence-electron chi connectivity index (χ2n) is 6.21. The number of nitrogens with zero attached hydrogens (tertiary/aromatic N) is 4. The molecule has 2 aromatic heterocycles. The largest absolute Gasteiger partial charge is 0.497 e. The van der Waals surface area contributed by atoms with Gasteiger partial charge in [0.25, 0.3) is 5.91 Å². The number of pyridine rings is 1. The molecule has 138 valence electrons. The normalized spacial score (nSPS) is 13.9. The molecule has 1 saturated heterocycles. The molecule has 3 aromatic rings. The Balaban J connectivity index is 1.44. The molecule has 4 rings (SSSR count). The lowest BCUT2D eigenvalue weighted by molar-refractivity contribution is 0.0568. The summed E-state index contributed by atoms with van der Waals surface area (Å²) in [6, 6.07) is 8.82. The van der Waals surface area contributed by atoms with Crippen LogP contribution >= 0.6 is 0 Å². The number of carbonyl (C=O) groups is 1. The van der Waals surface area contributed by atoms with Gasteiger partial charge in [-0.25, -0.2) is 0 Å². The average molecular weight is 366 g/mol. The van der Waals surface area contributed by atoms with Crippen LogP contribution in [0.25, 0.3) is 11.4 Å². The first-order chi connectivity index (χ1) is 13.2. The SMILES string of the molecule is COc1cc(OC)cc(C(=O)N2CC(c3nc(-c4cccnc4)no3)C2)c1. The summed E-state index contributed by atoms with van der Waals surface area (Å²) in [6.07, 6.45) is 3.37. The van der Waals surface area contributed by atoms with E-state index in [0.29, 0.717) is 41.9 Å². The number of benzene rings is 1. The second kappa shape index (κ2) is 7.06. The number of aromatic nitrogens is 3. The van der Waals surface area contributed by atoms with E-state index in [9.17, 15) is 4.79 Å². The Hall–Kier alpha value is -3.42. The Morgan fingerprint density at radius 3 is 2.56 bits per heavy atom. The van der Waals surface area contributed by atoms with Crippen molar-refractivity contribution in [3.63, 3.8) is 0 Å². The minimum atomic E-state index is -0.0875. The molecule has 8 nitrogen and oxygen atoms in total. The van der Waals surface area contributed by atoms with Gasteiger partial charge in [0.15, 0.2) is 0 Å². The van der Waals surface area contributed by atoms with Gasteiger partial charge < -0.3 is 18.9 Å². The lowest BCUT2D eigenvalue weighted by Crippen LogP contribution is -2.48. The molecule has 3 heterocycles. The quantitative estimate of drug-likeness (QED) is 0.685. The van der Waals surface area contributed by atoms with Crippen molar-refractivity contribution in [1.82, 2.24) is 20.0 Å². The number of hydrogen-bond acceptors (Lipinski definition) is 7. The van der Waals surface area contributed by atoms with Crippen LogP contribution in [0, 0.1) is 0 Å². The molecule has 0 atom stereocenters. The lowest BCUT2D eigenvalue weighted by Gasteiger charge is -2.37. The minimum Gasteiger partial charge on any atom is -0.497 e. The van der Waals surface area contributed by atoms with Gasteiger partial charge in [0.1, 0.15) is 11.5 Å². The van der Waals surface area contributed by atoms with Crippen LogP contribution in [0.1, 0.15) is 22.2 Å². The number of likely N-dealkylation sites (tertiary alicyclic amines) is 1. The molecule has 0 unspecified atom stereocenters. The standard InChI is InChI=1S/C19H18N4O4/c1-25-15-6-13(7-16(8-15)26-2)19(24)23-10-14(11-23)18-21-17(22-27-18)12-4-3-5-20-9-12/h3-9,14H,10-11H2,1-2H3. The number of amides is 1. The number of methoxy groups -OCH3 is 2. The van der Waals surface area contributed by atoms with E-state index in [4.69, 9.17) is 14.0 Å². The van der Waals surface area contributed by atoms with Crippen molar-refractivity contribution in [2.45, 2.75) is 5.92 Å². The van der Waals surface area contributed by atoms with Crippen LogP contribution in [0.3, 0.4) is 0 Å². The van der Waals surface area contributed by atoms with Gasteiger partial charge in [0.05, 0.1) is 20.1 Å². The molecular weight excluding hydrogens is 348 g/mol. The van der Waals surface area contributed by atoms with Gasteiger partial charge in [-0.3, -0.25) is 9.78 Å². The van der Waals surface area contributed by atoms with Crippen LogP contribution in [-0.2, 0) is 0 Å². The van der Waals surface area contributed by atoms with E-state index in [-0.39, 0.29) is 11.8 Å². The van der Waals surface area contributed by atoms with Crippen LogP contribution in [0.4, 0.5) is 0 Å². The molecule has 1 amide bonds. The van der Waals surface area contributed by atoms with Gasteiger partial charge in [-0.15, -0.1) is 0 Å². The molecule has 0 N–H and O–H groups in total. The van der Waals surface area contributed by atoms with Crippen molar-refractivity contribution in [3.8, 4) is 22.9 Å². The molecule has 0 radical (unpaired) electrons. The summed E-state index contributed by atoms with van der Waals surface area (Å²) in [5.41, 5.74) is 1.31. The summed E-state index contributed by atoms with van der Waals surface area (Å²) >= 11 is 0. The third-order valence-electron chi connectivity index (χ3n) is 4.48. The van der Waals surface area contributed by atoms with Crippen molar-refractivity contribution in [1.29, 1.82) is 0 Å². The molecule has 1 aromatic carbocycles. The Morgan fingerprint density at radius 1 is 1.19 bits per heavy atom. The molecule has 1 aliphatic rings. The zero-order valence-corrected chi connectivity index (χ0v) is 15.0. The van der Waals surface area contributed by atoms with E-state index >= 15 is 0 Å². The fourth-order valence-corrected chi connectivity index (χ4v) is 2.93. The molecule has 27 heavy (non-hydrogen) atoms. The predicted octanol–water partition coefficient (Wildman–Crippen LogP) is 2.39. The van der Waals surface area contributed by atoms with E-state index in [1.54, 1.807) is 49.7 Å². The first-order valence-corrected chi connectivity index (χ1v) is 8.44. The van der Waals surface area contributed by atoms with Gasteiger partial charge in [-0.1, -0.05) is 5.16 Å².